The molecule has 1 aliphatic heterocycles. The molecule has 1 heterocycles. The van der Waals surface area contributed by atoms with Gasteiger partial charge in [-0.25, -0.2) is 0 Å². The molecule has 0 aromatic rings. The molecule has 0 spiro atoms. The third kappa shape index (κ3) is 2.44. The second-order valence-corrected chi connectivity index (χ2v) is 4.62. The summed E-state index contributed by atoms with van der Waals surface area (Å²) < 4.78 is 0. The van der Waals surface area contributed by atoms with Gasteiger partial charge in [0.15, 0.2) is 0 Å². The van der Waals surface area contributed by atoms with Crippen LogP contribution in [-0.4, -0.2) is 45.9 Å². The molecule has 0 aromatic heterocycles. The Bertz CT molecular complexity index is 143. The number of nitrogens with zero attached hydrogens (tertiary/aromatic N) is 1. The fourth-order valence-electron chi connectivity index (χ4n) is 1.59. The molecule has 0 aliphatic carbocycles. The van der Waals surface area contributed by atoms with Crippen LogP contribution in [0, 0.1) is 0 Å². The van der Waals surface area contributed by atoms with E-state index in [1.54, 1.807) is 0 Å². The van der Waals surface area contributed by atoms with E-state index in [0.717, 1.165) is 0 Å². The highest BCUT2D eigenvalue weighted by atomic mass is 16.3. The first kappa shape index (κ1) is 9.96. The summed E-state index contributed by atoms with van der Waals surface area (Å²) in [5, 5.41) is 18.8. The molecule has 2 atom stereocenters. The molecule has 0 unspecified atom stereocenters. The van der Waals surface area contributed by atoms with Crippen LogP contribution in [0.5, 0.6) is 0 Å². The number of hydrogen-bond donors (Lipinski definition) is 2. The number of aliphatic hydroxyl groups excluding tert-OH is 2. The Hall–Kier alpha value is -0.120. The van der Waals surface area contributed by atoms with Crippen molar-refractivity contribution in [3.05, 3.63) is 0 Å². The van der Waals surface area contributed by atoms with E-state index >= 15 is 0 Å². The van der Waals surface area contributed by atoms with Crippen LogP contribution in [0.3, 0.4) is 0 Å². The summed E-state index contributed by atoms with van der Waals surface area (Å²) in [5.74, 6) is 0. The fraction of sp³-hybridized carbons (Fsp3) is 1.00. The smallest absolute Gasteiger partial charge is 0.0692 e. The molecule has 0 saturated carbocycles. The van der Waals surface area contributed by atoms with Gasteiger partial charge in [0.1, 0.15) is 0 Å². The highest BCUT2D eigenvalue weighted by molar-refractivity contribution is 4.85. The van der Waals surface area contributed by atoms with Gasteiger partial charge in [-0.15, -0.1) is 0 Å². The topological polar surface area (TPSA) is 43.7 Å². The van der Waals surface area contributed by atoms with Crippen molar-refractivity contribution in [2.24, 2.45) is 0 Å². The second kappa shape index (κ2) is 3.32. The zero-order valence-electron chi connectivity index (χ0n) is 8.12. The monoisotopic (exact) mass is 173 g/mol. The Labute approximate surface area is 74.0 Å². The predicted octanol–water partition coefficient (Wildman–Crippen LogP) is 0.212. The van der Waals surface area contributed by atoms with Crippen LogP contribution in [0.1, 0.15) is 27.2 Å². The van der Waals surface area contributed by atoms with Gasteiger partial charge in [-0.3, -0.25) is 4.90 Å². The summed E-state index contributed by atoms with van der Waals surface area (Å²) in [6, 6.07) is 0. The van der Waals surface area contributed by atoms with E-state index in [2.05, 4.69) is 25.7 Å². The van der Waals surface area contributed by atoms with Crippen molar-refractivity contribution >= 4 is 0 Å². The van der Waals surface area contributed by atoms with E-state index in [9.17, 15) is 10.2 Å². The number of rotatable bonds is 0. The van der Waals surface area contributed by atoms with Gasteiger partial charge in [-0.1, -0.05) is 0 Å². The molecule has 12 heavy (non-hydrogen) atoms. The molecule has 3 heteroatoms. The SMILES string of the molecule is CC(C)(C)N1C[C@H](O)C[C@H](O)C1. The Balaban J connectivity index is 2.55. The van der Waals surface area contributed by atoms with Gasteiger partial charge in [-0.2, -0.15) is 0 Å². The van der Waals surface area contributed by atoms with Crippen LogP contribution in [0.15, 0.2) is 0 Å². The molecule has 2 N–H and O–H groups in total. The van der Waals surface area contributed by atoms with Gasteiger partial charge >= 0.3 is 0 Å². The van der Waals surface area contributed by atoms with Crippen LogP contribution >= 0.6 is 0 Å². The highest BCUT2D eigenvalue weighted by Crippen LogP contribution is 2.20. The summed E-state index contributed by atoms with van der Waals surface area (Å²) in [6.45, 7) is 7.65. The van der Waals surface area contributed by atoms with Crippen molar-refractivity contribution in [3.63, 3.8) is 0 Å². The number of aliphatic hydroxyl groups is 2. The normalized spacial score (nSPS) is 33.8. The van der Waals surface area contributed by atoms with E-state index in [4.69, 9.17) is 0 Å². The van der Waals surface area contributed by atoms with Crippen molar-refractivity contribution in [2.45, 2.75) is 44.9 Å². The molecule has 1 saturated heterocycles. The van der Waals surface area contributed by atoms with Gasteiger partial charge in [0, 0.05) is 25.0 Å². The van der Waals surface area contributed by atoms with Gasteiger partial charge in [0.05, 0.1) is 12.2 Å². The molecule has 0 aromatic carbocycles. The Morgan fingerprint density at radius 1 is 1.08 bits per heavy atom. The van der Waals surface area contributed by atoms with Crippen molar-refractivity contribution in [1.82, 2.24) is 4.90 Å². The zero-order valence-corrected chi connectivity index (χ0v) is 8.12. The molecule has 1 fully saturated rings. The Kier molecular flexibility index (Phi) is 2.76. The predicted molar refractivity (Wildman–Crippen MR) is 48.0 cm³/mol. The van der Waals surface area contributed by atoms with Crippen molar-refractivity contribution in [3.8, 4) is 0 Å². The average molecular weight is 173 g/mol. The van der Waals surface area contributed by atoms with Gasteiger partial charge in [-0.05, 0) is 20.8 Å². The Morgan fingerprint density at radius 2 is 1.50 bits per heavy atom. The minimum atomic E-state index is -0.368. The molecular formula is C9H19NO2. The first-order valence-corrected chi connectivity index (χ1v) is 4.51. The first-order chi connectivity index (χ1) is 5.39. The minimum Gasteiger partial charge on any atom is -0.392 e. The molecule has 0 bridgehead atoms. The Morgan fingerprint density at radius 3 is 1.83 bits per heavy atom. The quantitative estimate of drug-likeness (QED) is 0.550. The minimum absolute atomic E-state index is 0.0440. The maximum atomic E-state index is 9.41. The second-order valence-electron chi connectivity index (χ2n) is 4.62. The lowest BCUT2D eigenvalue weighted by atomic mass is 9.98. The van der Waals surface area contributed by atoms with E-state index < -0.39 is 0 Å². The van der Waals surface area contributed by atoms with E-state index in [-0.39, 0.29) is 17.7 Å². The van der Waals surface area contributed by atoms with E-state index in [1.165, 1.54) is 0 Å². The molecule has 1 aliphatic rings. The molecule has 0 amide bonds. The average Bonchev–Trinajstić information content (AvgIpc) is 1.82. The van der Waals surface area contributed by atoms with Crippen LogP contribution in [-0.2, 0) is 0 Å². The summed E-state index contributed by atoms with van der Waals surface area (Å²) in [4.78, 5) is 2.12. The zero-order chi connectivity index (χ0) is 9.35. The summed E-state index contributed by atoms with van der Waals surface area (Å²) in [7, 11) is 0. The molecule has 3 nitrogen and oxygen atoms in total. The molecular weight excluding hydrogens is 154 g/mol. The fourth-order valence-corrected chi connectivity index (χ4v) is 1.59. The van der Waals surface area contributed by atoms with Gasteiger partial charge < -0.3 is 10.2 Å². The molecule has 0 radical (unpaired) electrons. The van der Waals surface area contributed by atoms with Crippen LogP contribution in [0.2, 0.25) is 0 Å². The van der Waals surface area contributed by atoms with Crippen molar-refractivity contribution < 1.29 is 10.2 Å². The highest BCUT2D eigenvalue weighted by Gasteiger charge is 2.30. The number of likely N-dealkylation sites (tertiary alicyclic amines) is 1. The third-order valence-corrected chi connectivity index (χ3v) is 2.36. The lowest BCUT2D eigenvalue weighted by Crippen LogP contribution is -2.53. The number of β-amino-alcohol motifs (C(OH)–C–C–N with tert-alkyl or cyclic N) is 2. The van der Waals surface area contributed by atoms with E-state index in [1.807, 2.05) is 0 Å². The lowest BCUT2D eigenvalue weighted by Gasteiger charge is -2.42. The number of piperidine rings is 1. The maximum Gasteiger partial charge on any atom is 0.0692 e. The first-order valence-electron chi connectivity index (χ1n) is 4.51. The van der Waals surface area contributed by atoms with Crippen LogP contribution in [0.25, 0.3) is 0 Å². The van der Waals surface area contributed by atoms with E-state index in [0.29, 0.717) is 19.5 Å². The summed E-state index contributed by atoms with van der Waals surface area (Å²) in [5.41, 5.74) is 0.0440. The largest absolute Gasteiger partial charge is 0.392 e. The molecule has 1 rings (SSSR count). The lowest BCUT2D eigenvalue weighted by molar-refractivity contribution is -0.0411. The van der Waals surface area contributed by atoms with Crippen molar-refractivity contribution in [1.29, 1.82) is 0 Å². The van der Waals surface area contributed by atoms with Crippen LogP contribution in [0.4, 0.5) is 0 Å². The van der Waals surface area contributed by atoms with Gasteiger partial charge in [0.25, 0.3) is 0 Å². The maximum absolute atomic E-state index is 9.41. The third-order valence-electron chi connectivity index (χ3n) is 2.36. The standard InChI is InChI=1S/C9H19NO2/c1-9(2,3)10-5-7(11)4-8(12)6-10/h7-8,11-12H,4-6H2,1-3H3/t7-,8+. The van der Waals surface area contributed by atoms with Crippen LogP contribution < -0.4 is 0 Å². The van der Waals surface area contributed by atoms with Crippen molar-refractivity contribution in [2.75, 3.05) is 13.1 Å². The van der Waals surface area contributed by atoms with Gasteiger partial charge in [0.2, 0.25) is 0 Å². The molecule has 72 valence electrons. The summed E-state index contributed by atoms with van der Waals surface area (Å²) >= 11 is 0. The number of hydrogen-bond acceptors (Lipinski definition) is 3. The summed E-state index contributed by atoms with van der Waals surface area (Å²) in [6.07, 6.45) is -0.215.